The molecule has 0 saturated carbocycles. The van der Waals surface area contributed by atoms with Crippen molar-refractivity contribution in [1.82, 2.24) is 19.6 Å². The van der Waals surface area contributed by atoms with Gasteiger partial charge in [-0.1, -0.05) is 137 Å². The van der Waals surface area contributed by atoms with E-state index in [1.807, 2.05) is 200 Å². The first-order valence-corrected chi connectivity index (χ1v) is 40.4. The number of benzene rings is 8. The minimum Gasteiger partial charge on any atom is -0.508 e. The molecule has 0 radical (unpaired) electrons. The number of phenolic OH excluding ortho intramolecular Hbond substituents is 1. The van der Waals surface area contributed by atoms with Gasteiger partial charge in [0.05, 0.1) is 63.0 Å². The molecule has 0 atom stereocenters. The lowest BCUT2D eigenvalue weighted by Gasteiger charge is -2.19. The number of rotatable bonds is 35. The number of amides is 4. The van der Waals surface area contributed by atoms with Crippen molar-refractivity contribution >= 4 is 75.0 Å². The maximum atomic E-state index is 12.9. The third kappa shape index (κ3) is 27.2. The number of halogens is 1. The molecular weight excluding hydrogens is 1550 g/mol. The zero-order valence-corrected chi connectivity index (χ0v) is 67.5. The summed E-state index contributed by atoms with van der Waals surface area (Å²) in [4.78, 5) is 79.5. The maximum absolute atomic E-state index is 12.9. The standard InChI is InChI=1S/C26H29NO5S.C24H25NO5S.C22H22BrNO3.C19H17NO3/c1-3-30-25(28)19-33-17-7-16-32-24-9-5-4-8-22(24)18-27(2)26(29)21-13-11-20(12-14-21)23-10-6-15-31-23;1-25(24(28)19-11-9-18(10-12-19)21-8-4-13-29-21)16-20-6-2-3-7-22(20)30-14-5-15-31-17-23(26)27;1-24(16-19-6-2-3-7-21(19)27-15-5-13-23)22(25)18-11-9-17(10-12-18)20-8-4-14-26-20;1-20(13-16-5-2-3-6-17(16)21)19(22)15-10-8-14(9-11-15)18-7-4-12-23-18/h4-6,8-15H,3,7,16-19H2,1-2H3;2-4,6-13H,5,14-17H2,1H3,(H,26,27);2-4,6-12,14H,5,13,15-16H2,1H3;2-12,21H,13H2,1H3. The van der Waals surface area contributed by atoms with Crippen molar-refractivity contribution in [2.45, 2.75) is 52.4 Å². The van der Waals surface area contributed by atoms with Gasteiger partial charge in [-0.3, -0.25) is 28.8 Å². The number of carboxylic acid groups (broad SMARTS) is 1. The molecule has 23 heteroatoms. The van der Waals surface area contributed by atoms with Crippen molar-refractivity contribution in [3.8, 4) is 68.3 Å². The Morgan fingerprint density at radius 1 is 0.368 bits per heavy atom. The number of carboxylic acids is 1. The SMILES string of the molecule is CCOC(=O)CSCCCOc1ccccc1CN(C)C(=O)c1ccc(-c2ccco2)cc1.CN(Cc1ccccc1O)C(=O)c1ccc(-c2ccco2)cc1.CN(Cc1ccccc1OCCCBr)C(=O)c1ccc(-c2ccco2)cc1.CN(Cc1ccccc1OCCCSCC(=O)O)C(=O)c1ccc(-c2ccco2)cc1. The fourth-order valence-electron chi connectivity index (χ4n) is 11.5. The molecule has 0 fully saturated rings. The van der Waals surface area contributed by atoms with Crippen molar-refractivity contribution in [1.29, 1.82) is 0 Å². The quantitative estimate of drug-likeness (QED) is 0.0213. The molecule has 20 nitrogen and oxygen atoms in total. The van der Waals surface area contributed by atoms with Crippen LogP contribution in [0.15, 0.2) is 285 Å². The molecule has 12 rings (SSSR count). The number of phenols is 1. The number of carbonyl (C=O) groups is 6. The van der Waals surface area contributed by atoms with E-state index in [-0.39, 0.29) is 41.1 Å². The number of esters is 1. The van der Waals surface area contributed by atoms with E-state index in [9.17, 15) is 33.9 Å². The molecule has 4 heterocycles. The van der Waals surface area contributed by atoms with Crippen LogP contribution < -0.4 is 14.2 Å². The van der Waals surface area contributed by atoms with Crippen LogP contribution in [0.25, 0.3) is 45.3 Å². The van der Waals surface area contributed by atoms with Crippen LogP contribution in [-0.2, 0) is 40.5 Å². The molecule has 0 saturated heterocycles. The Morgan fingerprint density at radius 3 is 0.947 bits per heavy atom. The van der Waals surface area contributed by atoms with Gasteiger partial charge in [-0.05, 0) is 159 Å². The molecule has 0 aliphatic heterocycles. The van der Waals surface area contributed by atoms with Crippen LogP contribution in [-0.4, -0.2) is 148 Å². The lowest BCUT2D eigenvalue weighted by molar-refractivity contribution is -0.140. The van der Waals surface area contributed by atoms with Crippen LogP contribution in [0.3, 0.4) is 0 Å². The second-order valence-corrected chi connectivity index (χ2v) is 28.9. The van der Waals surface area contributed by atoms with Gasteiger partial charge in [-0.25, -0.2) is 0 Å². The summed E-state index contributed by atoms with van der Waals surface area (Å²) in [5, 5.41) is 19.4. The number of carbonyl (C=O) groups excluding carboxylic acids is 5. The topological polar surface area (TPSA) is 245 Å². The second kappa shape index (κ2) is 46.2. The summed E-state index contributed by atoms with van der Waals surface area (Å²) in [5.41, 5.74) is 9.76. The van der Waals surface area contributed by atoms with Gasteiger partial charge in [-0.2, -0.15) is 23.5 Å². The lowest BCUT2D eigenvalue weighted by atomic mass is 10.1. The monoisotopic (exact) mass is 1640 g/mol. The van der Waals surface area contributed by atoms with Gasteiger partial charge in [0.1, 0.15) is 46.0 Å². The largest absolute Gasteiger partial charge is 0.508 e. The minimum absolute atomic E-state index is 0.0312. The first-order chi connectivity index (χ1) is 55.5. The van der Waals surface area contributed by atoms with E-state index in [1.54, 1.807) is 122 Å². The molecule has 0 bridgehead atoms. The van der Waals surface area contributed by atoms with E-state index in [1.165, 1.54) is 23.5 Å². The number of ether oxygens (including phenoxy) is 4. The highest BCUT2D eigenvalue weighted by molar-refractivity contribution is 9.09. The summed E-state index contributed by atoms with van der Waals surface area (Å²) in [7, 11) is 7.07. The predicted octanol–water partition coefficient (Wildman–Crippen LogP) is 19.4. The smallest absolute Gasteiger partial charge is 0.315 e. The molecule has 8 aromatic carbocycles. The Hall–Kier alpha value is -11.9. The van der Waals surface area contributed by atoms with Crippen molar-refractivity contribution in [2.75, 3.05) is 83.0 Å². The van der Waals surface area contributed by atoms with Crippen LogP contribution in [0.2, 0.25) is 0 Å². The Kier molecular flexibility index (Phi) is 34.9. The molecule has 0 aliphatic carbocycles. The Morgan fingerprint density at radius 2 is 0.658 bits per heavy atom. The van der Waals surface area contributed by atoms with E-state index in [0.29, 0.717) is 80.6 Å². The van der Waals surface area contributed by atoms with Crippen molar-refractivity contribution in [3.05, 3.63) is 312 Å². The summed E-state index contributed by atoms with van der Waals surface area (Å²) >= 11 is 6.32. The van der Waals surface area contributed by atoms with Gasteiger partial charge in [-0.15, -0.1) is 0 Å². The van der Waals surface area contributed by atoms with Gasteiger partial charge in [0, 0.05) is 126 Å². The lowest BCUT2D eigenvalue weighted by Crippen LogP contribution is -2.26. The molecular formula is C91H93BrN4O16S2. The highest BCUT2D eigenvalue weighted by atomic mass is 79.9. The number of hydrogen-bond acceptors (Lipinski definition) is 17. The van der Waals surface area contributed by atoms with Crippen LogP contribution in [0.4, 0.5) is 0 Å². The molecule has 12 aromatic rings. The number of nitrogens with zero attached hydrogens (tertiary/aromatic N) is 4. The first kappa shape index (κ1) is 86.1. The predicted molar refractivity (Wildman–Crippen MR) is 450 cm³/mol. The first-order valence-electron chi connectivity index (χ1n) is 37.0. The maximum Gasteiger partial charge on any atom is 0.315 e. The number of alkyl halides is 1. The zero-order valence-electron chi connectivity index (χ0n) is 64.3. The average molecular weight is 1640 g/mol. The van der Waals surface area contributed by atoms with Crippen LogP contribution in [0, 0.1) is 0 Å². The van der Waals surface area contributed by atoms with Gasteiger partial charge < -0.3 is 66.4 Å². The Bertz CT molecular complexity index is 4890. The van der Waals surface area contributed by atoms with Crippen molar-refractivity contribution < 1.29 is 75.6 Å². The summed E-state index contributed by atoms with van der Waals surface area (Å²) < 4.78 is 44.1. The highest BCUT2D eigenvalue weighted by Gasteiger charge is 2.20. The number of hydrogen-bond donors (Lipinski definition) is 2. The van der Waals surface area contributed by atoms with E-state index in [4.69, 9.17) is 41.7 Å². The van der Waals surface area contributed by atoms with Gasteiger partial charge in [0.15, 0.2) is 0 Å². The van der Waals surface area contributed by atoms with E-state index in [2.05, 4.69) is 15.9 Å². The van der Waals surface area contributed by atoms with E-state index < -0.39 is 5.97 Å². The highest BCUT2D eigenvalue weighted by Crippen LogP contribution is 2.29. The zero-order chi connectivity index (χ0) is 80.8. The number of para-hydroxylation sites is 4. The molecule has 592 valence electrons. The van der Waals surface area contributed by atoms with Crippen LogP contribution in [0.5, 0.6) is 23.0 Å². The third-order valence-electron chi connectivity index (χ3n) is 17.3. The van der Waals surface area contributed by atoms with Crippen molar-refractivity contribution in [2.24, 2.45) is 0 Å². The molecule has 0 spiro atoms. The number of aliphatic carboxylic acids is 1. The molecule has 4 aromatic heterocycles. The molecule has 0 aliphatic rings. The Balaban J connectivity index is 0.000000175. The number of aromatic hydroxyl groups is 1. The summed E-state index contributed by atoms with van der Waals surface area (Å²) in [6.45, 7) is 5.59. The second-order valence-electron chi connectivity index (χ2n) is 25.9. The Labute approximate surface area is 681 Å². The molecule has 2 N–H and O–H groups in total. The van der Waals surface area contributed by atoms with Gasteiger partial charge in [0.2, 0.25) is 0 Å². The fraction of sp³-hybridized carbons (Fsp3) is 0.231. The molecule has 114 heavy (non-hydrogen) atoms. The third-order valence-corrected chi connectivity index (χ3v) is 20.0. The van der Waals surface area contributed by atoms with E-state index in [0.717, 1.165) is 121 Å². The molecule has 4 amide bonds. The number of furan rings is 4. The van der Waals surface area contributed by atoms with E-state index >= 15 is 0 Å². The molecule has 0 unspecified atom stereocenters. The van der Waals surface area contributed by atoms with Crippen LogP contribution in [0.1, 0.15) is 89.9 Å². The van der Waals surface area contributed by atoms with Gasteiger partial charge >= 0.3 is 11.9 Å². The van der Waals surface area contributed by atoms with Crippen molar-refractivity contribution in [3.63, 3.8) is 0 Å². The summed E-state index contributed by atoms with van der Waals surface area (Å²) in [6, 6.07) is 74.6. The minimum atomic E-state index is -0.806. The van der Waals surface area contributed by atoms with Gasteiger partial charge in [0.25, 0.3) is 23.6 Å². The van der Waals surface area contributed by atoms with Crippen LogP contribution >= 0.6 is 39.5 Å². The summed E-state index contributed by atoms with van der Waals surface area (Å²) in [5.74, 6) is 6.35. The average Bonchev–Trinajstić information content (AvgIpc) is 1.69. The fourth-order valence-corrected chi connectivity index (χ4v) is 13.1. The summed E-state index contributed by atoms with van der Waals surface area (Å²) in [6.07, 6.45) is 9.01. The normalized spacial score (nSPS) is 10.6. The number of thioether (sulfide) groups is 2.